The molecular formula is C15H28N2O2. The Balaban J connectivity index is 1.65. The van der Waals surface area contributed by atoms with Crippen LogP contribution in [0, 0.1) is 5.92 Å². The van der Waals surface area contributed by atoms with Gasteiger partial charge in [-0.1, -0.05) is 0 Å². The number of ether oxygens (including phenoxy) is 1. The molecule has 3 fully saturated rings. The highest BCUT2D eigenvalue weighted by Gasteiger charge is 2.48. The summed E-state index contributed by atoms with van der Waals surface area (Å²) in [5.74, 6) is 0.673. The van der Waals surface area contributed by atoms with Crippen LogP contribution >= 0.6 is 0 Å². The van der Waals surface area contributed by atoms with E-state index in [4.69, 9.17) is 4.74 Å². The van der Waals surface area contributed by atoms with Crippen LogP contribution in [-0.4, -0.2) is 60.0 Å². The van der Waals surface area contributed by atoms with Crippen LogP contribution in [0.2, 0.25) is 0 Å². The number of hydrogen-bond acceptors (Lipinski definition) is 4. The topological polar surface area (TPSA) is 44.7 Å². The number of aliphatic hydroxyl groups excluding tert-OH is 1. The summed E-state index contributed by atoms with van der Waals surface area (Å²) >= 11 is 0. The SMILES string of the molecule is C[C@@H]1CN(CC(CO)(NC2CC2)C2CC2)C[C@H](C)O1. The Morgan fingerprint density at radius 3 is 2.26 bits per heavy atom. The summed E-state index contributed by atoms with van der Waals surface area (Å²) < 4.78 is 5.81. The van der Waals surface area contributed by atoms with Crippen molar-refractivity contribution in [2.24, 2.45) is 5.92 Å². The molecule has 0 spiro atoms. The van der Waals surface area contributed by atoms with Crippen molar-refractivity contribution in [1.82, 2.24) is 10.2 Å². The van der Waals surface area contributed by atoms with Gasteiger partial charge < -0.3 is 15.2 Å². The molecule has 1 saturated heterocycles. The van der Waals surface area contributed by atoms with Gasteiger partial charge in [0.05, 0.1) is 24.4 Å². The molecule has 3 rings (SSSR count). The molecule has 2 N–H and O–H groups in total. The number of morpholine rings is 1. The highest BCUT2D eigenvalue weighted by Crippen LogP contribution is 2.42. The fraction of sp³-hybridized carbons (Fsp3) is 1.00. The lowest BCUT2D eigenvalue weighted by Crippen LogP contribution is -2.61. The van der Waals surface area contributed by atoms with Gasteiger partial charge in [0, 0.05) is 25.7 Å². The van der Waals surface area contributed by atoms with Gasteiger partial charge in [-0.2, -0.15) is 0 Å². The van der Waals surface area contributed by atoms with Gasteiger partial charge in [-0.25, -0.2) is 0 Å². The van der Waals surface area contributed by atoms with Crippen LogP contribution in [0.3, 0.4) is 0 Å². The van der Waals surface area contributed by atoms with Gasteiger partial charge in [-0.05, 0) is 45.4 Å². The van der Waals surface area contributed by atoms with E-state index in [0.717, 1.165) is 19.6 Å². The number of rotatable bonds is 6. The van der Waals surface area contributed by atoms with Crippen LogP contribution in [0.4, 0.5) is 0 Å². The minimum absolute atomic E-state index is 0.0576. The molecule has 0 aromatic heterocycles. The zero-order valence-electron chi connectivity index (χ0n) is 12.3. The first-order valence-electron chi connectivity index (χ1n) is 7.87. The van der Waals surface area contributed by atoms with E-state index in [2.05, 4.69) is 24.1 Å². The third-order valence-corrected chi connectivity index (χ3v) is 4.71. The van der Waals surface area contributed by atoms with Crippen LogP contribution in [0.1, 0.15) is 39.5 Å². The first kappa shape index (κ1) is 13.8. The molecule has 1 heterocycles. The normalized spacial score (nSPS) is 36.2. The maximum Gasteiger partial charge on any atom is 0.0678 e. The van der Waals surface area contributed by atoms with Gasteiger partial charge >= 0.3 is 0 Å². The molecule has 2 saturated carbocycles. The lowest BCUT2D eigenvalue weighted by atomic mass is 9.92. The summed E-state index contributed by atoms with van der Waals surface area (Å²) in [6, 6.07) is 0.656. The van der Waals surface area contributed by atoms with Crippen molar-refractivity contribution in [3.63, 3.8) is 0 Å². The van der Waals surface area contributed by atoms with E-state index in [0.29, 0.717) is 24.2 Å². The van der Waals surface area contributed by atoms with Crippen molar-refractivity contribution in [2.45, 2.75) is 63.3 Å². The van der Waals surface area contributed by atoms with Gasteiger partial charge in [-0.15, -0.1) is 0 Å². The lowest BCUT2D eigenvalue weighted by molar-refractivity contribution is -0.0783. The van der Waals surface area contributed by atoms with Crippen molar-refractivity contribution >= 4 is 0 Å². The van der Waals surface area contributed by atoms with Gasteiger partial charge in [0.2, 0.25) is 0 Å². The zero-order chi connectivity index (χ0) is 13.5. The summed E-state index contributed by atoms with van der Waals surface area (Å²) in [4.78, 5) is 2.49. The second-order valence-corrected chi connectivity index (χ2v) is 6.96. The van der Waals surface area contributed by atoms with Gasteiger partial charge in [-0.3, -0.25) is 4.90 Å². The molecule has 19 heavy (non-hydrogen) atoms. The zero-order valence-corrected chi connectivity index (χ0v) is 12.3. The average molecular weight is 268 g/mol. The number of nitrogens with one attached hydrogen (secondary N) is 1. The average Bonchev–Trinajstić information content (AvgIpc) is 3.20. The van der Waals surface area contributed by atoms with Crippen LogP contribution in [-0.2, 0) is 4.74 Å². The molecule has 3 aliphatic rings. The third-order valence-electron chi connectivity index (χ3n) is 4.71. The summed E-state index contributed by atoms with van der Waals surface area (Å²) in [5, 5.41) is 13.8. The molecular weight excluding hydrogens is 240 g/mol. The van der Waals surface area contributed by atoms with Gasteiger partial charge in [0.1, 0.15) is 0 Å². The standard InChI is InChI=1S/C15H28N2O2/c1-11-7-17(8-12(2)19-11)9-15(10-18,13-3-4-13)16-14-5-6-14/h11-14,16,18H,3-10H2,1-2H3/t11-,12+,15?. The van der Waals surface area contributed by atoms with Crippen molar-refractivity contribution in [3.05, 3.63) is 0 Å². The van der Waals surface area contributed by atoms with Crippen molar-refractivity contribution in [3.8, 4) is 0 Å². The lowest BCUT2D eigenvalue weighted by Gasteiger charge is -2.43. The smallest absolute Gasteiger partial charge is 0.0678 e. The van der Waals surface area contributed by atoms with E-state index in [1.807, 2.05) is 0 Å². The molecule has 0 bridgehead atoms. The Kier molecular flexibility index (Phi) is 3.87. The largest absolute Gasteiger partial charge is 0.394 e. The summed E-state index contributed by atoms with van der Waals surface area (Å²) in [6.45, 7) is 7.52. The molecule has 3 atom stereocenters. The number of aliphatic hydroxyl groups is 1. The van der Waals surface area contributed by atoms with Gasteiger partial charge in [0.15, 0.2) is 0 Å². The Morgan fingerprint density at radius 1 is 1.16 bits per heavy atom. The maximum absolute atomic E-state index is 10.0. The van der Waals surface area contributed by atoms with E-state index in [1.165, 1.54) is 25.7 Å². The van der Waals surface area contributed by atoms with Crippen LogP contribution in [0.15, 0.2) is 0 Å². The minimum Gasteiger partial charge on any atom is -0.394 e. The number of nitrogens with zero attached hydrogens (tertiary/aromatic N) is 1. The quantitative estimate of drug-likeness (QED) is 0.754. The monoisotopic (exact) mass is 268 g/mol. The Hall–Kier alpha value is -0.160. The van der Waals surface area contributed by atoms with E-state index in [9.17, 15) is 5.11 Å². The van der Waals surface area contributed by atoms with Crippen molar-refractivity contribution in [1.29, 1.82) is 0 Å². The van der Waals surface area contributed by atoms with Crippen LogP contribution in [0.25, 0.3) is 0 Å². The van der Waals surface area contributed by atoms with E-state index in [-0.39, 0.29) is 12.1 Å². The molecule has 1 aliphatic heterocycles. The molecule has 0 amide bonds. The van der Waals surface area contributed by atoms with Crippen LogP contribution < -0.4 is 5.32 Å². The predicted octanol–water partition coefficient (Wildman–Crippen LogP) is 0.989. The molecule has 110 valence electrons. The highest BCUT2D eigenvalue weighted by molar-refractivity contribution is 5.06. The van der Waals surface area contributed by atoms with Gasteiger partial charge in [0.25, 0.3) is 0 Å². The highest BCUT2D eigenvalue weighted by atomic mass is 16.5. The molecule has 4 nitrogen and oxygen atoms in total. The predicted molar refractivity (Wildman–Crippen MR) is 75.1 cm³/mol. The maximum atomic E-state index is 10.0. The fourth-order valence-electron chi connectivity index (χ4n) is 3.60. The Morgan fingerprint density at radius 2 is 1.79 bits per heavy atom. The first-order chi connectivity index (χ1) is 9.11. The fourth-order valence-corrected chi connectivity index (χ4v) is 3.60. The minimum atomic E-state index is -0.0576. The number of hydrogen-bond donors (Lipinski definition) is 2. The second kappa shape index (κ2) is 5.32. The molecule has 4 heteroatoms. The van der Waals surface area contributed by atoms with Crippen molar-refractivity contribution in [2.75, 3.05) is 26.2 Å². The Labute approximate surface area is 116 Å². The third kappa shape index (κ3) is 3.30. The molecule has 0 aromatic rings. The van der Waals surface area contributed by atoms with E-state index in [1.54, 1.807) is 0 Å². The van der Waals surface area contributed by atoms with E-state index < -0.39 is 0 Å². The van der Waals surface area contributed by atoms with Crippen molar-refractivity contribution < 1.29 is 9.84 Å². The van der Waals surface area contributed by atoms with E-state index >= 15 is 0 Å². The summed E-state index contributed by atoms with van der Waals surface area (Å²) in [5.41, 5.74) is -0.0576. The molecule has 1 unspecified atom stereocenters. The second-order valence-electron chi connectivity index (χ2n) is 6.96. The molecule has 0 radical (unpaired) electrons. The van der Waals surface area contributed by atoms with Crippen LogP contribution in [0.5, 0.6) is 0 Å². The summed E-state index contributed by atoms with van der Waals surface area (Å²) in [7, 11) is 0. The molecule has 0 aromatic carbocycles. The molecule has 2 aliphatic carbocycles. The Bertz CT molecular complexity index is 307. The summed E-state index contributed by atoms with van der Waals surface area (Å²) in [6.07, 6.45) is 5.72. The first-order valence-corrected chi connectivity index (χ1v) is 7.87.